The van der Waals surface area contributed by atoms with Crippen LogP contribution in [0.2, 0.25) is 0 Å². The molecule has 0 aliphatic heterocycles. The van der Waals surface area contributed by atoms with Crippen molar-refractivity contribution in [3.05, 3.63) is 18.2 Å². The highest BCUT2D eigenvalue weighted by Crippen LogP contribution is 2.16. The second kappa shape index (κ2) is 35.5. The van der Waals surface area contributed by atoms with E-state index in [1.54, 1.807) is 5.82 Å². The Morgan fingerprint density at radius 1 is 0.370 bits per heavy atom. The van der Waals surface area contributed by atoms with Crippen molar-refractivity contribution in [2.45, 2.75) is 265 Å². The summed E-state index contributed by atoms with van der Waals surface area (Å²) >= 11 is 0. The molecule has 0 aliphatic rings. The summed E-state index contributed by atoms with van der Waals surface area (Å²) in [6.07, 6.45) is 56.3. The molecule has 272 valence electrons. The summed E-state index contributed by atoms with van der Waals surface area (Å²) in [4.78, 5) is 0. The van der Waals surface area contributed by atoms with Crippen molar-refractivity contribution in [1.29, 1.82) is 0 Å². The van der Waals surface area contributed by atoms with E-state index in [-0.39, 0.29) is 0 Å². The normalized spacial score (nSPS) is 11.6. The van der Waals surface area contributed by atoms with E-state index in [9.17, 15) is 0 Å². The molecule has 0 amide bonds. The first-order valence-corrected chi connectivity index (χ1v) is 21.9. The lowest BCUT2D eigenvalue weighted by atomic mass is 10.0. The molecule has 1 heterocycles. The zero-order valence-electron chi connectivity index (χ0n) is 32.4. The molecular weight excluding hydrogens is 556 g/mol. The van der Waals surface area contributed by atoms with Gasteiger partial charge in [-0.3, -0.25) is 0 Å². The van der Waals surface area contributed by atoms with Crippen molar-refractivity contribution >= 4 is 0 Å². The van der Waals surface area contributed by atoms with Gasteiger partial charge in [-0.25, -0.2) is 9.13 Å². The Balaban J connectivity index is 2.26. The van der Waals surface area contributed by atoms with Crippen LogP contribution in [0.15, 0.2) is 12.4 Å². The van der Waals surface area contributed by atoms with E-state index in [1.807, 2.05) is 0 Å². The number of hydrogen-bond acceptors (Lipinski definition) is 0. The SMILES string of the molecule is CCCCCCCCCCCCCCCCC[n+]1ccn(CCCCCCCCCCCC)c1CCCCCCCCCCCC. The van der Waals surface area contributed by atoms with Crippen molar-refractivity contribution in [3.8, 4) is 0 Å². The van der Waals surface area contributed by atoms with Crippen LogP contribution < -0.4 is 4.57 Å². The van der Waals surface area contributed by atoms with E-state index in [1.165, 1.54) is 244 Å². The molecule has 0 aromatic carbocycles. The third kappa shape index (κ3) is 27.2. The molecule has 0 saturated heterocycles. The zero-order chi connectivity index (χ0) is 33.0. The molecule has 1 rings (SSSR count). The van der Waals surface area contributed by atoms with Crippen molar-refractivity contribution in [2.24, 2.45) is 0 Å². The van der Waals surface area contributed by atoms with Crippen LogP contribution in [0.4, 0.5) is 0 Å². The molecule has 2 heteroatoms. The Bertz CT molecular complexity index is 707. The maximum Gasteiger partial charge on any atom is 0.256 e. The summed E-state index contributed by atoms with van der Waals surface area (Å²) in [5, 5.41) is 0. The number of aromatic nitrogens is 2. The van der Waals surface area contributed by atoms with E-state index in [2.05, 4.69) is 42.3 Å². The average Bonchev–Trinajstić information content (AvgIpc) is 3.45. The minimum atomic E-state index is 1.23. The molecule has 0 unspecified atom stereocenters. The van der Waals surface area contributed by atoms with Gasteiger partial charge in [-0.15, -0.1) is 0 Å². The molecule has 0 aliphatic carbocycles. The molecular formula is C44H87N2+. The van der Waals surface area contributed by atoms with Gasteiger partial charge in [-0.2, -0.15) is 0 Å². The molecule has 0 bridgehead atoms. The van der Waals surface area contributed by atoms with E-state index in [0.29, 0.717) is 0 Å². The van der Waals surface area contributed by atoms with Crippen LogP contribution >= 0.6 is 0 Å². The van der Waals surface area contributed by atoms with Crippen molar-refractivity contribution in [2.75, 3.05) is 0 Å². The highest BCUT2D eigenvalue weighted by Gasteiger charge is 2.16. The largest absolute Gasteiger partial charge is 0.256 e. The summed E-state index contributed by atoms with van der Waals surface area (Å²) in [5.41, 5.74) is 0. The van der Waals surface area contributed by atoms with Crippen molar-refractivity contribution in [3.63, 3.8) is 0 Å². The number of aryl methyl sites for hydroxylation is 2. The van der Waals surface area contributed by atoms with Gasteiger partial charge in [0.15, 0.2) is 0 Å². The Morgan fingerprint density at radius 2 is 0.674 bits per heavy atom. The molecule has 0 saturated carbocycles. The minimum absolute atomic E-state index is 1.23. The summed E-state index contributed by atoms with van der Waals surface area (Å²) in [7, 11) is 0. The van der Waals surface area contributed by atoms with Crippen LogP contribution in [0.1, 0.15) is 251 Å². The van der Waals surface area contributed by atoms with Gasteiger partial charge in [-0.05, 0) is 32.1 Å². The van der Waals surface area contributed by atoms with E-state index in [0.717, 1.165) is 0 Å². The quantitative estimate of drug-likeness (QED) is 0.0501. The van der Waals surface area contributed by atoms with Crippen LogP contribution in [0.3, 0.4) is 0 Å². The van der Waals surface area contributed by atoms with Crippen molar-refractivity contribution < 1.29 is 4.57 Å². The lowest BCUT2D eigenvalue weighted by molar-refractivity contribution is -0.704. The predicted molar refractivity (Wildman–Crippen MR) is 207 cm³/mol. The highest BCUT2D eigenvalue weighted by atomic mass is 15.1. The fourth-order valence-electron chi connectivity index (χ4n) is 7.39. The van der Waals surface area contributed by atoms with Gasteiger partial charge in [0.2, 0.25) is 0 Å². The first-order chi connectivity index (χ1) is 22.8. The van der Waals surface area contributed by atoms with Gasteiger partial charge in [-0.1, -0.05) is 213 Å². The van der Waals surface area contributed by atoms with Crippen LogP contribution in [-0.2, 0) is 19.5 Å². The van der Waals surface area contributed by atoms with E-state index < -0.39 is 0 Å². The molecule has 1 aromatic heterocycles. The summed E-state index contributed by atoms with van der Waals surface area (Å²) in [6, 6.07) is 0. The maximum atomic E-state index is 2.65. The van der Waals surface area contributed by atoms with Crippen LogP contribution in [0, 0.1) is 0 Å². The third-order valence-corrected chi connectivity index (χ3v) is 10.6. The van der Waals surface area contributed by atoms with Crippen molar-refractivity contribution in [1.82, 2.24) is 4.57 Å². The number of nitrogens with zero attached hydrogens (tertiary/aromatic N) is 2. The summed E-state index contributed by atoms with van der Waals surface area (Å²) in [5.74, 6) is 1.63. The van der Waals surface area contributed by atoms with Gasteiger partial charge in [0, 0.05) is 6.42 Å². The van der Waals surface area contributed by atoms with Gasteiger partial charge in [0.1, 0.15) is 12.4 Å². The predicted octanol–water partition coefficient (Wildman–Crippen LogP) is 15.0. The Kier molecular flexibility index (Phi) is 33.4. The summed E-state index contributed by atoms with van der Waals surface area (Å²) < 4.78 is 5.29. The molecule has 0 N–H and O–H groups in total. The first kappa shape index (κ1) is 43.2. The van der Waals surface area contributed by atoms with Crippen LogP contribution in [-0.4, -0.2) is 4.57 Å². The van der Waals surface area contributed by atoms with Crippen LogP contribution in [0.25, 0.3) is 0 Å². The number of unbranched alkanes of at least 4 members (excludes halogenated alkanes) is 32. The van der Waals surface area contributed by atoms with E-state index in [4.69, 9.17) is 0 Å². The number of rotatable bonds is 38. The van der Waals surface area contributed by atoms with Gasteiger partial charge in [0.25, 0.3) is 5.82 Å². The van der Waals surface area contributed by atoms with Gasteiger partial charge >= 0.3 is 0 Å². The smallest absolute Gasteiger partial charge is 0.234 e. The Labute approximate surface area is 291 Å². The molecule has 0 atom stereocenters. The van der Waals surface area contributed by atoms with Gasteiger partial charge < -0.3 is 0 Å². The Morgan fingerprint density at radius 3 is 1.04 bits per heavy atom. The summed E-state index contributed by atoms with van der Waals surface area (Å²) in [6.45, 7) is 9.41. The molecule has 2 nitrogen and oxygen atoms in total. The van der Waals surface area contributed by atoms with E-state index >= 15 is 0 Å². The average molecular weight is 644 g/mol. The lowest BCUT2D eigenvalue weighted by Gasteiger charge is -2.07. The van der Waals surface area contributed by atoms with Crippen LogP contribution in [0.5, 0.6) is 0 Å². The fourth-order valence-corrected chi connectivity index (χ4v) is 7.39. The number of imidazole rings is 1. The monoisotopic (exact) mass is 644 g/mol. The maximum absolute atomic E-state index is 2.65. The zero-order valence-corrected chi connectivity index (χ0v) is 32.4. The molecule has 0 fully saturated rings. The molecule has 0 radical (unpaired) electrons. The molecule has 0 spiro atoms. The van der Waals surface area contributed by atoms with Gasteiger partial charge in [0.05, 0.1) is 13.1 Å². The fraction of sp³-hybridized carbons (Fsp3) is 0.932. The first-order valence-electron chi connectivity index (χ1n) is 21.9. The third-order valence-electron chi connectivity index (χ3n) is 10.6. The molecule has 1 aromatic rings. The number of hydrogen-bond donors (Lipinski definition) is 0. The minimum Gasteiger partial charge on any atom is -0.234 e. The second-order valence-corrected chi connectivity index (χ2v) is 15.2. The second-order valence-electron chi connectivity index (χ2n) is 15.2. The highest BCUT2D eigenvalue weighted by molar-refractivity contribution is 4.84. The Hall–Kier alpha value is -0.790. The molecule has 46 heavy (non-hydrogen) atoms. The lowest BCUT2D eigenvalue weighted by Crippen LogP contribution is -2.37. The topological polar surface area (TPSA) is 8.81 Å². The standard InChI is InChI=1S/C44H87N2/c1-4-7-10-13-16-19-22-23-24-25-26-29-32-35-38-41-46-43-42-45(40-37-34-31-28-21-18-15-12-9-6-3)44(46)39-36-33-30-27-20-17-14-11-8-5-2/h42-43H,4-41H2,1-3H3/q+1.